The fraction of sp³-hybridized carbons (Fsp3) is 0.450. The standard InChI is InChI=1S/C20H26N2O3/c1-4-14(3)19(20(24)25-5-2)22-18(23)11-10-15-12-13-21-17-9-7-6-8-16(15)17/h6-9,12-14,19H,4-5,10-11H2,1-3H3,(H,22,23)/t14-,19+/m1/s1. The van der Waals surface area contributed by atoms with Gasteiger partial charge in [-0.25, -0.2) is 4.79 Å². The van der Waals surface area contributed by atoms with Gasteiger partial charge in [-0.2, -0.15) is 0 Å². The third-order valence-corrected chi connectivity index (χ3v) is 4.43. The lowest BCUT2D eigenvalue weighted by molar-refractivity contribution is -0.149. The number of hydrogen-bond acceptors (Lipinski definition) is 4. The zero-order valence-corrected chi connectivity index (χ0v) is 15.1. The Kier molecular flexibility index (Phi) is 6.92. The number of ether oxygens (including phenoxy) is 1. The number of esters is 1. The minimum Gasteiger partial charge on any atom is -0.464 e. The van der Waals surface area contributed by atoms with Gasteiger partial charge in [0.1, 0.15) is 6.04 Å². The van der Waals surface area contributed by atoms with E-state index in [1.54, 1.807) is 13.1 Å². The summed E-state index contributed by atoms with van der Waals surface area (Å²) in [6, 6.07) is 9.23. The number of nitrogens with zero attached hydrogens (tertiary/aromatic N) is 1. The van der Waals surface area contributed by atoms with Gasteiger partial charge in [0, 0.05) is 18.0 Å². The first-order chi connectivity index (χ1) is 12.1. The molecule has 0 spiro atoms. The molecule has 1 heterocycles. The maximum absolute atomic E-state index is 12.4. The van der Waals surface area contributed by atoms with Crippen LogP contribution in [0.3, 0.4) is 0 Å². The number of pyridine rings is 1. The fourth-order valence-corrected chi connectivity index (χ4v) is 2.77. The minimum atomic E-state index is -0.591. The highest BCUT2D eigenvalue weighted by molar-refractivity contribution is 5.86. The van der Waals surface area contributed by atoms with Gasteiger partial charge in [0.25, 0.3) is 0 Å². The van der Waals surface area contributed by atoms with Crippen molar-refractivity contribution >= 4 is 22.8 Å². The maximum Gasteiger partial charge on any atom is 0.328 e. The molecule has 0 saturated heterocycles. The number of aryl methyl sites for hydroxylation is 1. The number of carbonyl (C=O) groups excluding carboxylic acids is 2. The van der Waals surface area contributed by atoms with Gasteiger partial charge in [0.05, 0.1) is 12.1 Å². The number of benzene rings is 1. The van der Waals surface area contributed by atoms with Crippen molar-refractivity contribution in [2.45, 2.75) is 46.1 Å². The topological polar surface area (TPSA) is 68.3 Å². The van der Waals surface area contributed by atoms with E-state index in [-0.39, 0.29) is 17.8 Å². The molecule has 1 N–H and O–H groups in total. The number of para-hydroxylation sites is 1. The molecule has 2 aromatic rings. The molecule has 0 radical (unpaired) electrons. The van der Waals surface area contributed by atoms with E-state index in [0.717, 1.165) is 22.9 Å². The Labute approximate surface area is 148 Å². The zero-order chi connectivity index (χ0) is 18.2. The Morgan fingerprint density at radius 1 is 1.20 bits per heavy atom. The molecule has 0 aliphatic heterocycles. The summed E-state index contributed by atoms with van der Waals surface area (Å²) in [6.45, 7) is 6.01. The molecule has 0 aliphatic carbocycles. The molecule has 5 nitrogen and oxygen atoms in total. The summed E-state index contributed by atoms with van der Waals surface area (Å²) >= 11 is 0. The van der Waals surface area contributed by atoms with Crippen LogP contribution in [0.5, 0.6) is 0 Å². The lowest BCUT2D eigenvalue weighted by atomic mass is 9.98. The van der Waals surface area contributed by atoms with Crippen molar-refractivity contribution in [3.63, 3.8) is 0 Å². The van der Waals surface area contributed by atoms with E-state index in [4.69, 9.17) is 4.74 Å². The van der Waals surface area contributed by atoms with Crippen molar-refractivity contribution in [1.82, 2.24) is 10.3 Å². The van der Waals surface area contributed by atoms with Crippen LogP contribution >= 0.6 is 0 Å². The minimum absolute atomic E-state index is 0.0322. The average molecular weight is 342 g/mol. The monoisotopic (exact) mass is 342 g/mol. The first-order valence-electron chi connectivity index (χ1n) is 8.85. The van der Waals surface area contributed by atoms with E-state index in [0.29, 0.717) is 19.4 Å². The number of carbonyl (C=O) groups is 2. The SMILES string of the molecule is CCOC(=O)[C@@H](NC(=O)CCc1ccnc2ccccc12)[C@H](C)CC. The Balaban J connectivity index is 2.01. The Hall–Kier alpha value is -2.43. The molecule has 1 amide bonds. The summed E-state index contributed by atoms with van der Waals surface area (Å²) in [7, 11) is 0. The van der Waals surface area contributed by atoms with Crippen molar-refractivity contribution in [2.24, 2.45) is 5.92 Å². The molecule has 0 saturated carbocycles. The molecular formula is C20H26N2O3. The van der Waals surface area contributed by atoms with E-state index in [2.05, 4.69) is 10.3 Å². The van der Waals surface area contributed by atoms with Crippen LogP contribution < -0.4 is 5.32 Å². The maximum atomic E-state index is 12.4. The van der Waals surface area contributed by atoms with Crippen LogP contribution in [0.2, 0.25) is 0 Å². The first kappa shape index (κ1) is 18.9. The van der Waals surface area contributed by atoms with Crippen LogP contribution in [0.1, 0.15) is 39.2 Å². The molecule has 0 aliphatic rings. The summed E-state index contributed by atoms with van der Waals surface area (Å²) in [6.07, 6.45) is 3.47. The predicted octanol–water partition coefficient (Wildman–Crippen LogP) is 3.26. The number of fused-ring (bicyclic) bond motifs is 1. The second-order valence-corrected chi connectivity index (χ2v) is 6.17. The third-order valence-electron chi connectivity index (χ3n) is 4.43. The number of hydrogen-bond donors (Lipinski definition) is 1. The van der Waals surface area contributed by atoms with Gasteiger partial charge in [0.15, 0.2) is 0 Å². The molecule has 25 heavy (non-hydrogen) atoms. The van der Waals surface area contributed by atoms with Crippen molar-refractivity contribution in [2.75, 3.05) is 6.61 Å². The summed E-state index contributed by atoms with van der Waals surface area (Å²) in [5.41, 5.74) is 2.00. The lowest BCUT2D eigenvalue weighted by Crippen LogP contribution is -2.46. The molecule has 5 heteroatoms. The molecule has 1 aromatic heterocycles. The Bertz CT molecular complexity index is 724. The van der Waals surface area contributed by atoms with Gasteiger partial charge in [-0.1, -0.05) is 38.5 Å². The lowest BCUT2D eigenvalue weighted by Gasteiger charge is -2.22. The van der Waals surface area contributed by atoms with Gasteiger partial charge in [0.2, 0.25) is 5.91 Å². The van der Waals surface area contributed by atoms with E-state index in [1.807, 2.05) is 44.2 Å². The van der Waals surface area contributed by atoms with Crippen molar-refractivity contribution < 1.29 is 14.3 Å². The van der Waals surface area contributed by atoms with Crippen molar-refractivity contribution in [3.8, 4) is 0 Å². The number of nitrogens with one attached hydrogen (secondary N) is 1. The van der Waals surface area contributed by atoms with Gasteiger partial charge in [-0.15, -0.1) is 0 Å². The largest absolute Gasteiger partial charge is 0.464 e. The summed E-state index contributed by atoms with van der Waals surface area (Å²) in [5.74, 6) is -0.469. The van der Waals surface area contributed by atoms with E-state index < -0.39 is 6.04 Å². The fourth-order valence-electron chi connectivity index (χ4n) is 2.77. The Morgan fingerprint density at radius 3 is 2.68 bits per heavy atom. The first-order valence-corrected chi connectivity index (χ1v) is 8.85. The highest BCUT2D eigenvalue weighted by Crippen LogP contribution is 2.18. The van der Waals surface area contributed by atoms with Crippen LogP contribution in [0.4, 0.5) is 0 Å². The quantitative estimate of drug-likeness (QED) is 0.748. The summed E-state index contributed by atoms with van der Waals surface area (Å²) in [5, 5.41) is 3.90. The number of rotatable bonds is 8. The molecule has 134 valence electrons. The molecule has 0 bridgehead atoms. The second kappa shape index (κ2) is 9.16. The molecule has 0 unspecified atom stereocenters. The number of amides is 1. The van der Waals surface area contributed by atoms with Crippen molar-refractivity contribution in [3.05, 3.63) is 42.1 Å². The average Bonchev–Trinajstić information content (AvgIpc) is 2.63. The zero-order valence-electron chi connectivity index (χ0n) is 15.1. The molecular weight excluding hydrogens is 316 g/mol. The normalized spacial score (nSPS) is 13.2. The smallest absolute Gasteiger partial charge is 0.328 e. The predicted molar refractivity (Wildman–Crippen MR) is 98.1 cm³/mol. The molecule has 2 atom stereocenters. The third kappa shape index (κ3) is 5.02. The van der Waals surface area contributed by atoms with Crippen LogP contribution in [-0.4, -0.2) is 29.5 Å². The van der Waals surface area contributed by atoms with E-state index in [1.165, 1.54) is 0 Å². The van der Waals surface area contributed by atoms with Crippen LogP contribution in [-0.2, 0) is 20.7 Å². The summed E-state index contributed by atoms with van der Waals surface area (Å²) < 4.78 is 5.09. The highest BCUT2D eigenvalue weighted by atomic mass is 16.5. The molecule has 2 rings (SSSR count). The highest BCUT2D eigenvalue weighted by Gasteiger charge is 2.26. The van der Waals surface area contributed by atoms with E-state index >= 15 is 0 Å². The second-order valence-electron chi connectivity index (χ2n) is 6.17. The van der Waals surface area contributed by atoms with Crippen molar-refractivity contribution in [1.29, 1.82) is 0 Å². The van der Waals surface area contributed by atoms with Gasteiger partial charge < -0.3 is 10.1 Å². The Morgan fingerprint density at radius 2 is 1.96 bits per heavy atom. The van der Waals surface area contributed by atoms with Crippen LogP contribution in [0.15, 0.2) is 36.5 Å². The van der Waals surface area contributed by atoms with E-state index in [9.17, 15) is 9.59 Å². The van der Waals surface area contributed by atoms with Gasteiger partial charge >= 0.3 is 5.97 Å². The number of aromatic nitrogens is 1. The van der Waals surface area contributed by atoms with Gasteiger partial charge in [-0.05, 0) is 37.0 Å². The van der Waals surface area contributed by atoms with Crippen LogP contribution in [0, 0.1) is 5.92 Å². The summed E-state index contributed by atoms with van der Waals surface area (Å²) in [4.78, 5) is 28.8. The van der Waals surface area contributed by atoms with Crippen LogP contribution in [0.25, 0.3) is 10.9 Å². The molecule has 0 fully saturated rings. The van der Waals surface area contributed by atoms with Gasteiger partial charge in [-0.3, -0.25) is 9.78 Å². The molecule has 1 aromatic carbocycles.